The Morgan fingerprint density at radius 2 is 2.12 bits per heavy atom. The van der Waals surface area contributed by atoms with Gasteiger partial charge in [0.25, 0.3) is 0 Å². The topological polar surface area (TPSA) is 70.6 Å². The normalized spacial score (nSPS) is 15.6. The molecule has 0 amide bonds. The van der Waals surface area contributed by atoms with Gasteiger partial charge in [-0.05, 0) is 25.5 Å². The van der Waals surface area contributed by atoms with Gasteiger partial charge in [-0.1, -0.05) is 39.3 Å². The van der Waals surface area contributed by atoms with E-state index in [2.05, 4.69) is 39.4 Å². The third-order valence-electron chi connectivity index (χ3n) is 2.55. The second kappa shape index (κ2) is 6.61. The van der Waals surface area contributed by atoms with E-state index in [1.54, 1.807) is 0 Å². The highest BCUT2D eigenvalue weighted by atomic mass is 79.9. The van der Waals surface area contributed by atoms with Crippen molar-refractivity contribution < 1.29 is 5.21 Å². The lowest BCUT2D eigenvalue weighted by molar-refractivity contribution is 0.315. The number of oxime groups is 1. The standard InChI is InChI=1S/C12H18BrN3O/c1-8(7-12(14)16-17)15-9(2)10-5-3-4-6-11(10)13/h3-6,8-9,15,17H,7H2,1-2H3,(H2,14,16)/t8?,9-/m1/s1. The fraction of sp³-hybridized carbons (Fsp3) is 0.417. The second-order valence-electron chi connectivity index (χ2n) is 4.11. The highest BCUT2D eigenvalue weighted by Crippen LogP contribution is 2.23. The predicted molar refractivity (Wildman–Crippen MR) is 73.2 cm³/mol. The molecule has 0 radical (unpaired) electrons. The van der Waals surface area contributed by atoms with E-state index in [9.17, 15) is 0 Å². The van der Waals surface area contributed by atoms with Gasteiger partial charge >= 0.3 is 0 Å². The zero-order chi connectivity index (χ0) is 12.8. The highest BCUT2D eigenvalue weighted by molar-refractivity contribution is 9.10. The maximum absolute atomic E-state index is 8.51. The molecule has 0 aromatic heterocycles. The van der Waals surface area contributed by atoms with Gasteiger partial charge in [-0.3, -0.25) is 0 Å². The first-order chi connectivity index (χ1) is 8.04. The van der Waals surface area contributed by atoms with Crippen molar-refractivity contribution in [2.45, 2.75) is 32.4 Å². The van der Waals surface area contributed by atoms with Gasteiger partial charge in [0.05, 0.1) is 0 Å². The lowest BCUT2D eigenvalue weighted by atomic mass is 10.1. The minimum Gasteiger partial charge on any atom is -0.409 e. The maximum Gasteiger partial charge on any atom is 0.140 e. The van der Waals surface area contributed by atoms with E-state index >= 15 is 0 Å². The molecule has 4 N–H and O–H groups in total. The summed E-state index contributed by atoms with van der Waals surface area (Å²) < 4.78 is 1.08. The van der Waals surface area contributed by atoms with Gasteiger partial charge in [-0.25, -0.2) is 0 Å². The molecule has 94 valence electrons. The van der Waals surface area contributed by atoms with E-state index in [0.717, 1.165) is 4.47 Å². The lowest BCUT2D eigenvalue weighted by Crippen LogP contribution is -2.33. The Kier molecular flexibility index (Phi) is 5.44. The fourth-order valence-corrected chi connectivity index (χ4v) is 2.38. The number of nitrogens with one attached hydrogen (secondary N) is 1. The predicted octanol–water partition coefficient (Wildman–Crippen LogP) is 2.62. The minimum absolute atomic E-state index is 0.146. The van der Waals surface area contributed by atoms with Crippen LogP contribution >= 0.6 is 15.9 Å². The smallest absolute Gasteiger partial charge is 0.140 e. The van der Waals surface area contributed by atoms with Crippen LogP contribution in [0.15, 0.2) is 33.9 Å². The van der Waals surface area contributed by atoms with Gasteiger partial charge < -0.3 is 16.3 Å². The number of nitrogens with two attached hydrogens (primary N) is 1. The monoisotopic (exact) mass is 299 g/mol. The van der Waals surface area contributed by atoms with E-state index in [-0.39, 0.29) is 17.9 Å². The molecule has 0 aliphatic carbocycles. The van der Waals surface area contributed by atoms with E-state index in [1.807, 2.05) is 25.1 Å². The number of halogens is 1. The van der Waals surface area contributed by atoms with E-state index in [4.69, 9.17) is 10.9 Å². The molecule has 1 aromatic rings. The molecule has 1 unspecified atom stereocenters. The van der Waals surface area contributed by atoms with Crippen molar-refractivity contribution in [2.24, 2.45) is 10.9 Å². The summed E-state index contributed by atoms with van der Waals surface area (Å²) in [6.45, 7) is 4.09. The summed E-state index contributed by atoms with van der Waals surface area (Å²) in [7, 11) is 0. The molecule has 0 fully saturated rings. The van der Waals surface area contributed by atoms with Crippen molar-refractivity contribution >= 4 is 21.8 Å². The molecular formula is C12H18BrN3O. The molecule has 1 aromatic carbocycles. The van der Waals surface area contributed by atoms with Crippen molar-refractivity contribution in [1.82, 2.24) is 5.32 Å². The van der Waals surface area contributed by atoms with Crippen molar-refractivity contribution in [1.29, 1.82) is 0 Å². The molecule has 0 aliphatic heterocycles. The third kappa shape index (κ3) is 4.36. The summed E-state index contributed by atoms with van der Waals surface area (Å²) in [6.07, 6.45) is 0.519. The van der Waals surface area contributed by atoms with Crippen LogP contribution in [0.5, 0.6) is 0 Å². The summed E-state index contributed by atoms with van der Waals surface area (Å²) >= 11 is 3.52. The number of nitrogens with zero attached hydrogens (tertiary/aromatic N) is 1. The molecule has 0 heterocycles. The minimum atomic E-state index is 0.146. The molecule has 2 atom stereocenters. The summed E-state index contributed by atoms with van der Waals surface area (Å²) in [4.78, 5) is 0. The zero-order valence-electron chi connectivity index (χ0n) is 10.0. The number of hydrogen-bond acceptors (Lipinski definition) is 3. The van der Waals surface area contributed by atoms with Crippen LogP contribution in [0, 0.1) is 0 Å². The number of hydrogen-bond donors (Lipinski definition) is 3. The van der Waals surface area contributed by atoms with Crippen molar-refractivity contribution in [3.63, 3.8) is 0 Å². The van der Waals surface area contributed by atoms with Crippen LogP contribution in [0.2, 0.25) is 0 Å². The molecule has 0 saturated carbocycles. The average molecular weight is 300 g/mol. The number of rotatable bonds is 5. The summed E-state index contributed by atoms with van der Waals surface area (Å²) in [5.74, 6) is 0.240. The first-order valence-electron chi connectivity index (χ1n) is 5.51. The summed E-state index contributed by atoms with van der Waals surface area (Å²) in [5, 5.41) is 14.9. The zero-order valence-corrected chi connectivity index (χ0v) is 11.6. The summed E-state index contributed by atoms with van der Waals surface area (Å²) in [6, 6.07) is 8.42. The molecule has 1 rings (SSSR count). The van der Waals surface area contributed by atoms with Crippen LogP contribution in [-0.2, 0) is 0 Å². The Balaban J connectivity index is 2.60. The van der Waals surface area contributed by atoms with Crippen LogP contribution < -0.4 is 11.1 Å². The fourth-order valence-electron chi connectivity index (χ4n) is 1.76. The van der Waals surface area contributed by atoms with Crippen molar-refractivity contribution in [2.75, 3.05) is 0 Å². The second-order valence-corrected chi connectivity index (χ2v) is 4.96. The van der Waals surface area contributed by atoms with Crippen LogP contribution in [0.4, 0.5) is 0 Å². The van der Waals surface area contributed by atoms with Gasteiger partial charge in [0, 0.05) is 23.0 Å². The van der Waals surface area contributed by atoms with Crippen LogP contribution in [-0.4, -0.2) is 17.1 Å². The number of amidine groups is 1. The Labute approximate surface area is 110 Å². The maximum atomic E-state index is 8.51. The quantitative estimate of drug-likeness (QED) is 0.339. The molecule has 5 heteroatoms. The number of benzene rings is 1. The Morgan fingerprint density at radius 3 is 2.71 bits per heavy atom. The van der Waals surface area contributed by atoms with Crippen LogP contribution in [0.3, 0.4) is 0 Å². The van der Waals surface area contributed by atoms with Gasteiger partial charge in [0.15, 0.2) is 0 Å². The van der Waals surface area contributed by atoms with E-state index in [0.29, 0.717) is 6.42 Å². The Hall–Kier alpha value is -1.07. The van der Waals surface area contributed by atoms with Crippen molar-refractivity contribution in [3.8, 4) is 0 Å². The highest BCUT2D eigenvalue weighted by Gasteiger charge is 2.12. The van der Waals surface area contributed by atoms with Crippen molar-refractivity contribution in [3.05, 3.63) is 34.3 Å². The van der Waals surface area contributed by atoms with Gasteiger partial charge in [0.2, 0.25) is 0 Å². The van der Waals surface area contributed by atoms with Gasteiger partial charge in [-0.2, -0.15) is 0 Å². The van der Waals surface area contributed by atoms with Gasteiger partial charge in [-0.15, -0.1) is 0 Å². The molecule has 4 nitrogen and oxygen atoms in total. The van der Waals surface area contributed by atoms with Gasteiger partial charge in [0.1, 0.15) is 5.84 Å². The Morgan fingerprint density at radius 1 is 1.47 bits per heavy atom. The van der Waals surface area contributed by atoms with E-state index in [1.165, 1.54) is 5.56 Å². The SMILES string of the molecule is CC(C/C(N)=N/O)N[C@H](C)c1ccccc1Br. The molecule has 0 spiro atoms. The largest absolute Gasteiger partial charge is 0.409 e. The summed E-state index contributed by atoms with van der Waals surface area (Å²) in [5.41, 5.74) is 6.66. The van der Waals surface area contributed by atoms with Crippen LogP contribution in [0.25, 0.3) is 0 Å². The lowest BCUT2D eigenvalue weighted by Gasteiger charge is -2.20. The molecule has 0 aliphatic rings. The first-order valence-corrected chi connectivity index (χ1v) is 6.30. The van der Waals surface area contributed by atoms with E-state index < -0.39 is 0 Å². The molecular weight excluding hydrogens is 282 g/mol. The van der Waals surface area contributed by atoms with Crippen LogP contribution in [0.1, 0.15) is 31.9 Å². The molecule has 0 bridgehead atoms. The Bertz CT molecular complexity index is 395. The first kappa shape index (κ1) is 14.0. The third-order valence-corrected chi connectivity index (χ3v) is 3.27. The molecule has 0 saturated heterocycles. The molecule has 17 heavy (non-hydrogen) atoms. The average Bonchev–Trinajstić information content (AvgIpc) is 2.29.